The number of hydrogen-bond acceptors (Lipinski definition) is 1. The van der Waals surface area contributed by atoms with Crippen LogP contribution >= 0.6 is 0 Å². The third-order valence-electron chi connectivity index (χ3n) is 4.47. The third kappa shape index (κ3) is 1.85. The van der Waals surface area contributed by atoms with Gasteiger partial charge in [-0.15, -0.1) is 0 Å². The van der Waals surface area contributed by atoms with Crippen LogP contribution in [0.1, 0.15) is 47.0 Å². The van der Waals surface area contributed by atoms with Gasteiger partial charge >= 0.3 is 0 Å². The number of carbonyl (C=O) groups is 1. The van der Waals surface area contributed by atoms with Crippen molar-refractivity contribution in [1.29, 1.82) is 0 Å². The zero-order valence-electron chi connectivity index (χ0n) is 11.0. The van der Waals surface area contributed by atoms with Crippen LogP contribution < -0.4 is 0 Å². The molecule has 0 saturated heterocycles. The first-order valence-electron chi connectivity index (χ1n) is 6.67. The van der Waals surface area contributed by atoms with Gasteiger partial charge in [-0.1, -0.05) is 39.8 Å². The molecule has 4 atom stereocenters. The Morgan fingerprint density at radius 2 is 2.06 bits per heavy atom. The van der Waals surface area contributed by atoms with Gasteiger partial charge in [0.15, 0.2) is 0 Å². The lowest BCUT2D eigenvalue weighted by atomic mass is 9.67. The molecular weight excluding hydrogens is 196 g/mol. The number of fused-ring (bicyclic) bond motifs is 3. The minimum Gasteiger partial charge on any atom is -0.299 e. The fraction of sp³-hybridized carbons (Fsp3) is 0.800. The first kappa shape index (κ1) is 11.9. The van der Waals surface area contributed by atoms with E-state index >= 15 is 0 Å². The quantitative estimate of drug-likeness (QED) is 0.646. The van der Waals surface area contributed by atoms with Gasteiger partial charge in [-0.05, 0) is 36.5 Å². The van der Waals surface area contributed by atoms with Crippen molar-refractivity contribution in [1.82, 2.24) is 0 Å². The molecule has 1 nitrogen and oxygen atoms in total. The van der Waals surface area contributed by atoms with Gasteiger partial charge in [-0.3, -0.25) is 4.79 Å². The summed E-state index contributed by atoms with van der Waals surface area (Å²) < 4.78 is 0. The highest BCUT2D eigenvalue weighted by molar-refractivity contribution is 5.88. The van der Waals surface area contributed by atoms with E-state index in [-0.39, 0.29) is 5.41 Å². The number of carbonyl (C=O) groups excluding carboxylic acids is 1. The van der Waals surface area contributed by atoms with Gasteiger partial charge in [-0.2, -0.15) is 0 Å². The topological polar surface area (TPSA) is 17.1 Å². The number of hydrogen-bond donors (Lipinski definition) is 0. The number of allylic oxidation sites excluding steroid dienone is 2. The second-order valence-corrected chi connectivity index (χ2v) is 6.48. The monoisotopic (exact) mass is 220 g/mol. The molecule has 3 rings (SSSR count). The molecule has 1 fully saturated rings. The largest absolute Gasteiger partial charge is 0.299 e. The molecule has 90 valence electrons. The van der Waals surface area contributed by atoms with Gasteiger partial charge in [0.05, 0.1) is 0 Å². The Labute approximate surface area is 99.3 Å². The Hall–Kier alpha value is -0.590. The van der Waals surface area contributed by atoms with Crippen LogP contribution in [0.3, 0.4) is 0 Å². The fourth-order valence-electron chi connectivity index (χ4n) is 3.85. The van der Waals surface area contributed by atoms with Crippen LogP contribution in [0.5, 0.6) is 0 Å². The average molecular weight is 220 g/mol. The summed E-state index contributed by atoms with van der Waals surface area (Å²) >= 11 is 0. The molecule has 0 aliphatic heterocycles. The Morgan fingerprint density at radius 1 is 1.38 bits per heavy atom. The van der Waals surface area contributed by atoms with Crippen molar-refractivity contribution in [2.75, 3.05) is 0 Å². The molecule has 16 heavy (non-hydrogen) atoms. The van der Waals surface area contributed by atoms with E-state index in [1.807, 2.05) is 0 Å². The lowest BCUT2D eigenvalue weighted by Gasteiger charge is -2.36. The van der Waals surface area contributed by atoms with Crippen molar-refractivity contribution >= 4 is 5.78 Å². The maximum atomic E-state index is 12.4. The fourth-order valence-corrected chi connectivity index (χ4v) is 3.85. The molecule has 3 aliphatic carbocycles. The molecule has 0 amide bonds. The van der Waals surface area contributed by atoms with Gasteiger partial charge in [-0.25, -0.2) is 0 Å². The van der Waals surface area contributed by atoms with E-state index in [1.54, 1.807) is 0 Å². The molecule has 0 aromatic rings. The van der Waals surface area contributed by atoms with E-state index in [4.69, 9.17) is 0 Å². The Morgan fingerprint density at radius 3 is 2.62 bits per heavy atom. The van der Waals surface area contributed by atoms with Crippen molar-refractivity contribution in [2.45, 2.75) is 47.0 Å². The van der Waals surface area contributed by atoms with Crippen molar-refractivity contribution < 1.29 is 4.79 Å². The smallest absolute Gasteiger partial charge is 0.143 e. The van der Waals surface area contributed by atoms with E-state index in [0.29, 0.717) is 29.5 Å². The third-order valence-corrected chi connectivity index (χ3v) is 4.47. The van der Waals surface area contributed by atoms with Gasteiger partial charge in [0.25, 0.3) is 0 Å². The summed E-state index contributed by atoms with van der Waals surface area (Å²) in [4.78, 5) is 12.4. The Bertz CT molecular complexity index is 315. The summed E-state index contributed by atoms with van der Waals surface area (Å²) in [6.07, 6.45) is 7.49. The maximum Gasteiger partial charge on any atom is 0.143 e. The average Bonchev–Trinajstić information content (AvgIpc) is 2.30. The molecule has 3 aliphatic rings. The Kier molecular flexibility index (Phi) is 2.98. The first-order chi connectivity index (χ1) is 7.44. The lowest BCUT2D eigenvalue weighted by Crippen LogP contribution is -2.33. The summed E-state index contributed by atoms with van der Waals surface area (Å²) in [5, 5.41) is 0. The number of Topliss-reactive ketones (excluding diaryl/α,β-unsaturated/α-hetero) is 1. The maximum absolute atomic E-state index is 12.4. The highest BCUT2D eigenvalue weighted by Gasteiger charge is 2.46. The predicted molar refractivity (Wildman–Crippen MR) is 67.1 cm³/mol. The van der Waals surface area contributed by atoms with Crippen molar-refractivity contribution in [3.05, 3.63) is 12.2 Å². The summed E-state index contributed by atoms with van der Waals surface area (Å²) in [6, 6.07) is 0. The van der Waals surface area contributed by atoms with Crippen LogP contribution in [0.4, 0.5) is 0 Å². The highest BCUT2D eigenvalue weighted by Crippen LogP contribution is 2.49. The van der Waals surface area contributed by atoms with Crippen LogP contribution in [0.25, 0.3) is 0 Å². The SMILES string of the molecule is CC(C)CC12C=CC(C(C)CC1=O)C(C)C2. The molecule has 0 aromatic heterocycles. The normalized spacial score (nSPS) is 42.8. The molecule has 0 aromatic carbocycles. The first-order valence-corrected chi connectivity index (χ1v) is 6.67. The molecule has 4 unspecified atom stereocenters. The molecule has 1 heteroatoms. The molecule has 1 saturated carbocycles. The van der Waals surface area contributed by atoms with Crippen molar-refractivity contribution in [3.8, 4) is 0 Å². The zero-order chi connectivity index (χ0) is 11.9. The van der Waals surface area contributed by atoms with Gasteiger partial charge < -0.3 is 0 Å². The standard InChI is InChI=1S/C15H24O/c1-10(2)8-15-6-5-13(12(4)9-15)11(3)7-14(15)16/h5-6,10-13H,7-9H2,1-4H3. The highest BCUT2D eigenvalue weighted by atomic mass is 16.1. The molecule has 0 spiro atoms. The van der Waals surface area contributed by atoms with Gasteiger partial charge in [0.2, 0.25) is 0 Å². The minimum absolute atomic E-state index is 0.116. The number of ketones is 1. The second kappa shape index (κ2) is 4.01. The van der Waals surface area contributed by atoms with E-state index in [1.165, 1.54) is 0 Å². The summed E-state index contributed by atoms with van der Waals surface area (Å²) in [7, 11) is 0. The van der Waals surface area contributed by atoms with Crippen molar-refractivity contribution in [3.63, 3.8) is 0 Å². The molecule has 0 N–H and O–H groups in total. The zero-order valence-corrected chi connectivity index (χ0v) is 11.0. The van der Waals surface area contributed by atoms with E-state index < -0.39 is 0 Å². The molecule has 0 heterocycles. The van der Waals surface area contributed by atoms with Crippen LogP contribution in [-0.2, 0) is 4.79 Å². The second-order valence-electron chi connectivity index (χ2n) is 6.48. The van der Waals surface area contributed by atoms with E-state index in [9.17, 15) is 4.79 Å². The molecule has 2 bridgehead atoms. The van der Waals surface area contributed by atoms with Crippen molar-refractivity contribution in [2.24, 2.45) is 29.1 Å². The predicted octanol–water partition coefficient (Wildman–Crippen LogP) is 3.84. The van der Waals surface area contributed by atoms with Crippen LogP contribution in [0.2, 0.25) is 0 Å². The van der Waals surface area contributed by atoms with E-state index in [2.05, 4.69) is 39.8 Å². The van der Waals surface area contributed by atoms with E-state index in [0.717, 1.165) is 19.3 Å². The lowest BCUT2D eigenvalue weighted by molar-refractivity contribution is -0.127. The Balaban J connectivity index is 2.34. The molecular formula is C15H24O. The van der Waals surface area contributed by atoms with Gasteiger partial charge in [0, 0.05) is 11.8 Å². The van der Waals surface area contributed by atoms with Crippen LogP contribution in [-0.4, -0.2) is 5.78 Å². The van der Waals surface area contributed by atoms with Gasteiger partial charge in [0.1, 0.15) is 5.78 Å². The summed E-state index contributed by atoms with van der Waals surface area (Å²) in [5.41, 5.74) is -0.116. The molecule has 0 radical (unpaired) electrons. The van der Waals surface area contributed by atoms with Crippen LogP contribution in [0, 0.1) is 29.1 Å². The number of rotatable bonds is 2. The minimum atomic E-state index is -0.116. The van der Waals surface area contributed by atoms with Crippen LogP contribution in [0.15, 0.2) is 12.2 Å². The summed E-state index contributed by atoms with van der Waals surface area (Å²) in [6.45, 7) is 9.00. The summed E-state index contributed by atoms with van der Waals surface area (Å²) in [5.74, 6) is 2.94.